The molecule has 1 aromatic carbocycles. The maximum atomic E-state index is 9.78. The number of methoxy groups -OCH3 is 1. The van der Waals surface area contributed by atoms with Gasteiger partial charge in [0, 0.05) is 12.6 Å². The number of rotatable bonds is 8. The monoisotopic (exact) mass is 267 g/mol. The molecule has 2 N–H and O–H groups in total. The van der Waals surface area contributed by atoms with E-state index in [1.807, 2.05) is 38.1 Å². The smallest absolute Gasteiger partial charge is 0.119 e. The Bertz CT molecular complexity index is 368. The molecule has 0 heterocycles. The molecule has 0 amide bonds. The standard InChI is InChI=1S/C15H25NO3/c1-11(2)19-10-14(17)9-16-12(3)13-6-5-7-15(8-13)18-4/h5-8,11-12,14,16-17H,9-10H2,1-4H3/t12-,14?/m1/s1. The van der Waals surface area contributed by atoms with E-state index in [4.69, 9.17) is 9.47 Å². The molecule has 19 heavy (non-hydrogen) atoms. The summed E-state index contributed by atoms with van der Waals surface area (Å²) in [7, 11) is 1.66. The lowest BCUT2D eigenvalue weighted by Crippen LogP contribution is -2.32. The lowest BCUT2D eigenvalue weighted by atomic mass is 10.1. The molecular formula is C15H25NO3. The molecule has 1 unspecified atom stereocenters. The van der Waals surface area contributed by atoms with E-state index < -0.39 is 6.10 Å². The van der Waals surface area contributed by atoms with Crippen molar-refractivity contribution in [1.29, 1.82) is 0 Å². The normalized spacial score (nSPS) is 14.4. The van der Waals surface area contributed by atoms with Crippen molar-refractivity contribution in [3.8, 4) is 5.75 Å². The predicted molar refractivity (Wildman–Crippen MR) is 76.5 cm³/mol. The van der Waals surface area contributed by atoms with Crippen LogP contribution in [-0.2, 0) is 4.74 Å². The average Bonchev–Trinajstić information content (AvgIpc) is 2.42. The lowest BCUT2D eigenvalue weighted by Gasteiger charge is -2.19. The van der Waals surface area contributed by atoms with Gasteiger partial charge in [0.05, 0.1) is 25.9 Å². The van der Waals surface area contributed by atoms with Crippen LogP contribution in [-0.4, -0.2) is 37.6 Å². The van der Waals surface area contributed by atoms with E-state index in [2.05, 4.69) is 12.2 Å². The summed E-state index contributed by atoms with van der Waals surface area (Å²) in [6.45, 7) is 6.84. The number of nitrogens with one attached hydrogen (secondary N) is 1. The Morgan fingerprint density at radius 3 is 2.63 bits per heavy atom. The second-order valence-corrected chi connectivity index (χ2v) is 4.94. The van der Waals surface area contributed by atoms with E-state index in [1.165, 1.54) is 0 Å². The van der Waals surface area contributed by atoms with Crippen LogP contribution in [0, 0.1) is 0 Å². The van der Waals surface area contributed by atoms with Gasteiger partial charge in [-0.2, -0.15) is 0 Å². The zero-order valence-electron chi connectivity index (χ0n) is 12.2. The molecule has 0 bridgehead atoms. The molecule has 0 saturated carbocycles. The summed E-state index contributed by atoms with van der Waals surface area (Å²) in [6, 6.07) is 8.07. The molecule has 0 aliphatic carbocycles. The Hall–Kier alpha value is -1.10. The molecular weight excluding hydrogens is 242 g/mol. The molecule has 0 spiro atoms. The highest BCUT2D eigenvalue weighted by molar-refractivity contribution is 5.30. The van der Waals surface area contributed by atoms with Crippen molar-refractivity contribution in [2.45, 2.75) is 39.0 Å². The Morgan fingerprint density at radius 1 is 1.26 bits per heavy atom. The van der Waals surface area contributed by atoms with Crippen molar-refractivity contribution in [2.24, 2.45) is 0 Å². The maximum absolute atomic E-state index is 9.78. The summed E-state index contributed by atoms with van der Waals surface area (Å²) < 4.78 is 10.6. The first-order valence-electron chi connectivity index (χ1n) is 6.70. The highest BCUT2D eigenvalue weighted by atomic mass is 16.5. The number of benzene rings is 1. The lowest BCUT2D eigenvalue weighted by molar-refractivity contribution is 0.00560. The van der Waals surface area contributed by atoms with Crippen LogP contribution >= 0.6 is 0 Å². The van der Waals surface area contributed by atoms with Crippen molar-refractivity contribution in [2.75, 3.05) is 20.3 Å². The van der Waals surface area contributed by atoms with Gasteiger partial charge < -0.3 is 19.9 Å². The summed E-state index contributed by atoms with van der Waals surface area (Å²) in [5, 5.41) is 13.1. The maximum Gasteiger partial charge on any atom is 0.119 e. The van der Waals surface area contributed by atoms with E-state index in [-0.39, 0.29) is 12.1 Å². The molecule has 0 radical (unpaired) electrons. The van der Waals surface area contributed by atoms with Crippen molar-refractivity contribution < 1.29 is 14.6 Å². The molecule has 1 rings (SSSR count). The van der Waals surface area contributed by atoms with E-state index in [1.54, 1.807) is 7.11 Å². The van der Waals surface area contributed by atoms with Crippen LogP contribution in [0.5, 0.6) is 5.75 Å². The number of ether oxygens (including phenoxy) is 2. The molecule has 4 heteroatoms. The van der Waals surface area contributed by atoms with Crippen molar-refractivity contribution in [3.63, 3.8) is 0 Å². The first-order valence-corrected chi connectivity index (χ1v) is 6.70. The van der Waals surface area contributed by atoms with Gasteiger partial charge >= 0.3 is 0 Å². The summed E-state index contributed by atoms with van der Waals surface area (Å²) in [5.41, 5.74) is 1.14. The van der Waals surface area contributed by atoms with Gasteiger partial charge in [-0.05, 0) is 38.5 Å². The molecule has 4 nitrogen and oxygen atoms in total. The van der Waals surface area contributed by atoms with Gasteiger partial charge in [0.15, 0.2) is 0 Å². The van der Waals surface area contributed by atoms with E-state index in [0.29, 0.717) is 13.2 Å². The number of aliphatic hydroxyl groups excluding tert-OH is 1. The highest BCUT2D eigenvalue weighted by Gasteiger charge is 2.10. The molecule has 0 aliphatic rings. The fraction of sp³-hybridized carbons (Fsp3) is 0.600. The zero-order valence-corrected chi connectivity index (χ0v) is 12.2. The van der Waals surface area contributed by atoms with Crippen LogP contribution in [0.15, 0.2) is 24.3 Å². The van der Waals surface area contributed by atoms with Crippen molar-refractivity contribution >= 4 is 0 Å². The van der Waals surface area contributed by atoms with Gasteiger partial charge in [-0.1, -0.05) is 12.1 Å². The molecule has 1 aromatic rings. The molecule has 0 aliphatic heterocycles. The molecule has 108 valence electrons. The zero-order chi connectivity index (χ0) is 14.3. The van der Waals surface area contributed by atoms with Gasteiger partial charge in [-0.3, -0.25) is 0 Å². The van der Waals surface area contributed by atoms with E-state index >= 15 is 0 Å². The Labute approximate surface area is 115 Å². The Morgan fingerprint density at radius 2 is 2.00 bits per heavy atom. The van der Waals surface area contributed by atoms with Crippen molar-refractivity contribution in [3.05, 3.63) is 29.8 Å². The summed E-state index contributed by atoms with van der Waals surface area (Å²) in [5.74, 6) is 0.842. The van der Waals surface area contributed by atoms with Crippen LogP contribution in [0.1, 0.15) is 32.4 Å². The summed E-state index contributed by atoms with van der Waals surface area (Å²) in [4.78, 5) is 0. The van der Waals surface area contributed by atoms with Crippen LogP contribution in [0.3, 0.4) is 0 Å². The predicted octanol–water partition coefficient (Wildman–Crippen LogP) is 2.13. The minimum Gasteiger partial charge on any atom is -0.497 e. The van der Waals surface area contributed by atoms with Gasteiger partial charge in [0.1, 0.15) is 5.75 Å². The van der Waals surface area contributed by atoms with Crippen LogP contribution in [0.2, 0.25) is 0 Å². The summed E-state index contributed by atoms with van der Waals surface area (Å²) in [6.07, 6.45) is -0.346. The third-order valence-corrected chi connectivity index (χ3v) is 2.88. The van der Waals surface area contributed by atoms with Crippen LogP contribution in [0.4, 0.5) is 0 Å². The molecule has 0 fully saturated rings. The third-order valence-electron chi connectivity index (χ3n) is 2.88. The Kier molecular flexibility index (Phi) is 6.84. The summed E-state index contributed by atoms with van der Waals surface area (Å²) >= 11 is 0. The van der Waals surface area contributed by atoms with E-state index in [9.17, 15) is 5.11 Å². The first-order chi connectivity index (χ1) is 9.02. The molecule has 2 atom stereocenters. The minimum absolute atomic E-state index is 0.144. The molecule has 0 saturated heterocycles. The van der Waals surface area contributed by atoms with Crippen LogP contribution in [0.25, 0.3) is 0 Å². The highest BCUT2D eigenvalue weighted by Crippen LogP contribution is 2.18. The SMILES string of the molecule is COc1cccc([C@@H](C)NCC(O)COC(C)C)c1. The number of hydrogen-bond donors (Lipinski definition) is 2. The first kappa shape index (κ1) is 16.0. The third kappa shape index (κ3) is 6.05. The van der Waals surface area contributed by atoms with Gasteiger partial charge in [-0.15, -0.1) is 0 Å². The quantitative estimate of drug-likeness (QED) is 0.757. The second-order valence-electron chi connectivity index (χ2n) is 4.94. The van der Waals surface area contributed by atoms with Crippen LogP contribution < -0.4 is 10.1 Å². The largest absolute Gasteiger partial charge is 0.497 e. The van der Waals surface area contributed by atoms with E-state index in [0.717, 1.165) is 11.3 Å². The Balaban J connectivity index is 2.39. The minimum atomic E-state index is -0.490. The molecule has 0 aromatic heterocycles. The van der Waals surface area contributed by atoms with Gasteiger partial charge in [0.2, 0.25) is 0 Å². The fourth-order valence-electron chi connectivity index (χ4n) is 1.70. The number of aliphatic hydroxyl groups is 1. The van der Waals surface area contributed by atoms with Gasteiger partial charge in [-0.25, -0.2) is 0 Å². The fourth-order valence-corrected chi connectivity index (χ4v) is 1.70. The average molecular weight is 267 g/mol. The number of hydrogen-bond acceptors (Lipinski definition) is 4. The topological polar surface area (TPSA) is 50.7 Å². The van der Waals surface area contributed by atoms with Crippen molar-refractivity contribution in [1.82, 2.24) is 5.32 Å². The second kappa shape index (κ2) is 8.15. The van der Waals surface area contributed by atoms with Gasteiger partial charge in [0.25, 0.3) is 0 Å².